The highest BCUT2D eigenvalue weighted by atomic mass is 79.9. The van der Waals surface area contributed by atoms with Crippen molar-refractivity contribution in [2.75, 3.05) is 10.6 Å². The Morgan fingerprint density at radius 1 is 0.886 bits per heavy atom. The van der Waals surface area contributed by atoms with E-state index in [2.05, 4.69) is 31.9 Å². The van der Waals surface area contributed by atoms with Crippen molar-refractivity contribution in [3.8, 4) is 0 Å². The summed E-state index contributed by atoms with van der Waals surface area (Å²) < 4.78 is 40.1. The summed E-state index contributed by atoms with van der Waals surface area (Å²) in [5.74, 6) is -1.61. The first-order valence-electron chi connectivity index (χ1n) is 13.0. The highest BCUT2D eigenvalue weighted by molar-refractivity contribution is 9.10. The Hall–Kier alpha value is -4.06. The van der Waals surface area contributed by atoms with Crippen molar-refractivity contribution in [1.82, 2.24) is 5.32 Å². The number of anilines is 2. The van der Waals surface area contributed by atoms with Gasteiger partial charge in [-0.15, -0.1) is 11.8 Å². The standard InChI is InChI=1S/C32H24BrClF3N3O3S/c1-19(29(41)39-27-17-22(32(35,36)37)13-14-26(27)34)44-25-12-6-11-24(18-25)38-31(43)28(16-20-7-5-10-23(33)15-20)40-30(42)21-8-3-2-4-9-21/h2-19H,1H3,(H,38,43)(H,39,41)(H,40,42)/b28-16+. The van der Waals surface area contributed by atoms with Gasteiger partial charge in [0.1, 0.15) is 5.70 Å². The summed E-state index contributed by atoms with van der Waals surface area (Å²) >= 11 is 10.5. The minimum absolute atomic E-state index is 0.000668. The van der Waals surface area contributed by atoms with Crippen molar-refractivity contribution in [2.45, 2.75) is 23.2 Å². The lowest BCUT2D eigenvalue weighted by Crippen LogP contribution is -2.30. The number of amides is 3. The predicted molar refractivity (Wildman–Crippen MR) is 172 cm³/mol. The molecule has 1 atom stereocenters. The molecule has 0 heterocycles. The molecule has 0 fully saturated rings. The van der Waals surface area contributed by atoms with Gasteiger partial charge in [0.05, 0.1) is 21.5 Å². The molecule has 0 saturated carbocycles. The largest absolute Gasteiger partial charge is 0.416 e. The van der Waals surface area contributed by atoms with Crippen LogP contribution in [0, 0.1) is 0 Å². The van der Waals surface area contributed by atoms with Gasteiger partial charge in [0.25, 0.3) is 11.8 Å². The fraction of sp³-hybridized carbons (Fsp3) is 0.0938. The summed E-state index contributed by atoms with van der Waals surface area (Å²) in [5.41, 5.74) is 0.347. The Morgan fingerprint density at radius 2 is 1.61 bits per heavy atom. The van der Waals surface area contributed by atoms with Crippen LogP contribution in [0.25, 0.3) is 6.08 Å². The molecule has 4 rings (SSSR count). The second-order valence-electron chi connectivity index (χ2n) is 9.36. The van der Waals surface area contributed by atoms with E-state index in [-0.39, 0.29) is 16.4 Å². The van der Waals surface area contributed by atoms with Gasteiger partial charge in [0, 0.05) is 20.6 Å². The van der Waals surface area contributed by atoms with E-state index in [0.717, 1.165) is 34.4 Å². The van der Waals surface area contributed by atoms with E-state index in [0.29, 0.717) is 21.7 Å². The first-order valence-corrected chi connectivity index (χ1v) is 15.0. The van der Waals surface area contributed by atoms with E-state index in [9.17, 15) is 27.6 Å². The maximum Gasteiger partial charge on any atom is 0.416 e. The van der Waals surface area contributed by atoms with Gasteiger partial charge in [-0.2, -0.15) is 13.2 Å². The van der Waals surface area contributed by atoms with Gasteiger partial charge >= 0.3 is 6.18 Å². The third kappa shape index (κ3) is 9.22. The molecule has 0 saturated heterocycles. The lowest BCUT2D eigenvalue weighted by molar-refractivity contribution is -0.137. The zero-order chi connectivity index (χ0) is 31.9. The number of benzene rings is 4. The number of hydrogen-bond acceptors (Lipinski definition) is 4. The van der Waals surface area contributed by atoms with Crippen molar-refractivity contribution >= 4 is 74.5 Å². The third-order valence-electron chi connectivity index (χ3n) is 6.01. The Bertz CT molecular complexity index is 1720. The summed E-state index contributed by atoms with van der Waals surface area (Å²) in [6.07, 6.45) is -3.04. The number of carbonyl (C=O) groups excluding carboxylic acids is 3. The molecule has 44 heavy (non-hydrogen) atoms. The molecular weight excluding hydrogens is 679 g/mol. The third-order valence-corrected chi connectivity index (χ3v) is 7.93. The van der Waals surface area contributed by atoms with Crippen molar-refractivity contribution < 1.29 is 27.6 Å². The van der Waals surface area contributed by atoms with Gasteiger partial charge in [0.2, 0.25) is 5.91 Å². The zero-order valence-corrected chi connectivity index (χ0v) is 26.1. The van der Waals surface area contributed by atoms with Crippen LogP contribution in [-0.2, 0) is 15.8 Å². The van der Waals surface area contributed by atoms with Crippen molar-refractivity contribution in [3.63, 3.8) is 0 Å². The maximum atomic E-state index is 13.4. The highest BCUT2D eigenvalue weighted by Crippen LogP contribution is 2.34. The molecule has 6 nitrogen and oxygen atoms in total. The normalized spacial score (nSPS) is 12.3. The van der Waals surface area contributed by atoms with E-state index in [1.54, 1.807) is 85.8 Å². The maximum absolute atomic E-state index is 13.4. The molecule has 0 aliphatic rings. The first kappa shape index (κ1) is 32.8. The van der Waals surface area contributed by atoms with Crippen LogP contribution in [0.1, 0.15) is 28.4 Å². The Kier molecular flexibility index (Phi) is 10.9. The molecule has 3 N–H and O–H groups in total. The summed E-state index contributed by atoms with van der Waals surface area (Å²) in [6, 6.07) is 25.0. The fourth-order valence-electron chi connectivity index (χ4n) is 3.84. The van der Waals surface area contributed by atoms with Gasteiger partial charge in [-0.05, 0) is 79.2 Å². The molecule has 0 spiro atoms. The molecular formula is C32H24BrClF3N3O3S. The number of halogens is 5. The number of rotatable bonds is 9. The molecule has 4 aromatic rings. The quantitative estimate of drug-likeness (QED) is 0.120. The molecule has 0 aromatic heterocycles. The molecule has 1 unspecified atom stereocenters. The average molecular weight is 703 g/mol. The highest BCUT2D eigenvalue weighted by Gasteiger charge is 2.31. The Morgan fingerprint density at radius 3 is 2.32 bits per heavy atom. The lowest BCUT2D eigenvalue weighted by Gasteiger charge is -2.15. The second-order valence-corrected chi connectivity index (χ2v) is 12.1. The number of nitrogens with one attached hydrogen (secondary N) is 3. The van der Waals surface area contributed by atoms with Crippen LogP contribution < -0.4 is 16.0 Å². The van der Waals surface area contributed by atoms with Crippen LogP contribution in [0.4, 0.5) is 24.5 Å². The molecule has 226 valence electrons. The molecule has 3 amide bonds. The minimum atomic E-state index is -4.59. The average Bonchev–Trinajstić information content (AvgIpc) is 2.98. The summed E-state index contributed by atoms with van der Waals surface area (Å²) in [4.78, 5) is 39.7. The van der Waals surface area contributed by atoms with E-state index in [1.165, 1.54) is 0 Å². The molecule has 4 aromatic carbocycles. The number of hydrogen-bond donors (Lipinski definition) is 3. The Labute approximate surface area is 269 Å². The molecule has 0 aliphatic carbocycles. The van der Waals surface area contributed by atoms with E-state index >= 15 is 0 Å². The molecule has 0 radical (unpaired) electrons. The van der Waals surface area contributed by atoms with Crippen molar-refractivity contribution in [3.05, 3.63) is 129 Å². The van der Waals surface area contributed by atoms with E-state index in [1.807, 2.05) is 6.07 Å². The predicted octanol–water partition coefficient (Wildman–Crippen LogP) is 8.65. The SMILES string of the molecule is CC(Sc1cccc(NC(=O)/C(=C\c2cccc(Br)c2)NC(=O)c2ccccc2)c1)C(=O)Nc1cc(C(F)(F)F)ccc1Cl. The molecule has 12 heteroatoms. The van der Waals surface area contributed by atoms with Crippen LogP contribution >= 0.6 is 39.3 Å². The second kappa shape index (κ2) is 14.6. The van der Waals surface area contributed by atoms with Crippen LogP contribution in [-0.4, -0.2) is 23.0 Å². The molecule has 0 bridgehead atoms. The summed E-state index contributed by atoms with van der Waals surface area (Å²) in [5, 5.41) is 7.14. The summed E-state index contributed by atoms with van der Waals surface area (Å²) in [7, 11) is 0. The Balaban J connectivity index is 1.48. The van der Waals surface area contributed by atoms with Gasteiger partial charge in [-0.1, -0.05) is 63.9 Å². The number of alkyl halides is 3. The monoisotopic (exact) mass is 701 g/mol. The molecule has 0 aliphatic heterocycles. The van der Waals surface area contributed by atoms with Gasteiger partial charge < -0.3 is 16.0 Å². The lowest BCUT2D eigenvalue weighted by atomic mass is 10.1. The smallest absolute Gasteiger partial charge is 0.324 e. The van der Waals surface area contributed by atoms with Crippen LogP contribution in [0.2, 0.25) is 5.02 Å². The number of carbonyl (C=O) groups is 3. The van der Waals surface area contributed by atoms with Crippen LogP contribution in [0.15, 0.2) is 112 Å². The van der Waals surface area contributed by atoms with Gasteiger partial charge in [-0.3, -0.25) is 14.4 Å². The van der Waals surface area contributed by atoms with Crippen molar-refractivity contribution in [1.29, 1.82) is 0 Å². The van der Waals surface area contributed by atoms with Gasteiger partial charge in [-0.25, -0.2) is 0 Å². The first-order chi connectivity index (χ1) is 20.9. The van der Waals surface area contributed by atoms with Crippen LogP contribution in [0.5, 0.6) is 0 Å². The number of thioether (sulfide) groups is 1. The van der Waals surface area contributed by atoms with E-state index in [4.69, 9.17) is 11.6 Å². The van der Waals surface area contributed by atoms with Crippen molar-refractivity contribution in [2.24, 2.45) is 0 Å². The van der Waals surface area contributed by atoms with E-state index < -0.39 is 34.7 Å². The zero-order valence-electron chi connectivity index (χ0n) is 22.9. The van der Waals surface area contributed by atoms with Crippen LogP contribution in [0.3, 0.4) is 0 Å². The van der Waals surface area contributed by atoms with Gasteiger partial charge in [0.15, 0.2) is 0 Å². The minimum Gasteiger partial charge on any atom is -0.324 e. The summed E-state index contributed by atoms with van der Waals surface area (Å²) in [6.45, 7) is 1.59. The fourth-order valence-corrected chi connectivity index (χ4v) is 5.35. The topological polar surface area (TPSA) is 87.3 Å².